The van der Waals surface area contributed by atoms with Gasteiger partial charge in [-0.25, -0.2) is 0 Å². The van der Waals surface area contributed by atoms with Gasteiger partial charge in [0.25, 0.3) is 5.91 Å². The summed E-state index contributed by atoms with van der Waals surface area (Å²) in [5.41, 5.74) is 3.56. The van der Waals surface area contributed by atoms with Crippen molar-refractivity contribution in [2.45, 2.75) is 6.92 Å². The van der Waals surface area contributed by atoms with Crippen LogP contribution in [0.5, 0.6) is 0 Å². The molecular formula is C19H15Cl2N3O. The van der Waals surface area contributed by atoms with Crippen LogP contribution >= 0.6 is 23.2 Å². The fourth-order valence-electron chi connectivity index (χ4n) is 2.33. The van der Waals surface area contributed by atoms with Crippen molar-refractivity contribution in [3.63, 3.8) is 0 Å². The van der Waals surface area contributed by atoms with Crippen LogP contribution in [0, 0.1) is 6.92 Å². The smallest absolute Gasteiger partial charge is 0.257 e. The molecule has 1 aromatic heterocycles. The van der Waals surface area contributed by atoms with Gasteiger partial charge in [0.15, 0.2) is 0 Å². The highest BCUT2D eigenvalue weighted by Crippen LogP contribution is 2.22. The Morgan fingerprint density at radius 1 is 0.960 bits per heavy atom. The van der Waals surface area contributed by atoms with Crippen LogP contribution < -0.4 is 10.6 Å². The molecule has 0 unspecified atom stereocenters. The number of carbonyl (C=O) groups excluding carboxylic acids is 1. The number of aromatic nitrogens is 1. The van der Waals surface area contributed by atoms with Gasteiger partial charge >= 0.3 is 0 Å². The van der Waals surface area contributed by atoms with Crippen LogP contribution in [0.4, 0.5) is 17.1 Å². The molecule has 0 saturated heterocycles. The number of benzene rings is 2. The van der Waals surface area contributed by atoms with E-state index in [4.69, 9.17) is 23.2 Å². The van der Waals surface area contributed by atoms with Gasteiger partial charge in [0.05, 0.1) is 17.4 Å². The lowest BCUT2D eigenvalue weighted by molar-refractivity contribution is 0.102. The molecule has 3 aromatic rings. The highest BCUT2D eigenvalue weighted by molar-refractivity contribution is 6.31. The van der Waals surface area contributed by atoms with Crippen LogP contribution in [0.1, 0.15) is 15.9 Å². The van der Waals surface area contributed by atoms with Gasteiger partial charge in [-0.3, -0.25) is 9.78 Å². The first-order valence-electron chi connectivity index (χ1n) is 7.56. The van der Waals surface area contributed by atoms with Crippen LogP contribution in [-0.4, -0.2) is 10.9 Å². The minimum atomic E-state index is -0.243. The first kappa shape index (κ1) is 17.3. The molecule has 4 nitrogen and oxygen atoms in total. The zero-order valence-corrected chi connectivity index (χ0v) is 14.9. The molecule has 0 fully saturated rings. The molecule has 6 heteroatoms. The maximum absolute atomic E-state index is 12.5. The van der Waals surface area contributed by atoms with Crippen LogP contribution in [0.25, 0.3) is 0 Å². The fourth-order valence-corrected chi connectivity index (χ4v) is 2.74. The molecule has 0 bridgehead atoms. The molecule has 2 aromatic carbocycles. The van der Waals surface area contributed by atoms with Gasteiger partial charge in [0.1, 0.15) is 0 Å². The minimum Gasteiger partial charge on any atom is -0.354 e. The maximum atomic E-state index is 12.5. The second kappa shape index (κ2) is 7.55. The van der Waals surface area contributed by atoms with E-state index < -0.39 is 0 Å². The Labute approximate surface area is 155 Å². The highest BCUT2D eigenvalue weighted by atomic mass is 35.5. The van der Waals surface area contributed by atoms with Crippen molar-refractivity contribution in [3.8, 4) is 0 Å². The normalized spacial score (nSPS) is 10.4. The Morgan fingerprint density at radius 3 is 2.52 bits per heavy atom. The Balaban J connectivity index is 1.77. The molecular weight excluding hydrogens is 357 g/mol. The van der Waals surface area contributed by atoms with Crippen molar-refractivity contribution in [1.82, 2.24) is 4.98 Å². The summed E-state index contributed by atoms with van der Waals surface area (Å²) in [5, 5.41) is 7.30. The van der Waals surface area contributed by atoms with Crippen molar-refractivity contribution < 1.29 is 4.79 Å². The number of aryl methyl sites for hydroxylation is 1. The van der Waals surface area contributed by atoms with Crippen LogP contribution in [0.2, 0.25) is 10.0 Å². The number of rotatable bonds is 4. The maximum Gasteiger partial charge on any atom is 0.257 e. The molecule has 0 aliphatic rings. The van der Waals surface area contributed by atoms with E-state index in [0.717, 1.165) is 11.3 Å². The van der Waals surface area contributed by atoms with Crippen molar-refractivity contribution in [1.29, 1.82) is 0 Å². The summed E-state index contributed by atoms with van der Waals surface area (Å²) in [5.74, 6) is -0.243. The molecule has 0 radical (unpaired) electrons. The van der Waals surface area contributed by atoms with Crippen molar-refractivity contribution in [2.75, 3.05) is 10.6 Å². The quantitative estimate of drug-likeness (QED) is 0.618. The van der Waals surface area contributed by atoms with Gasteiger partial charge < -0.3 is 10.6 Å². The monoisotopic (exact) mass is 371 g/mol. The van der Waals surface area contributed by atoms with Gasteiger partial charge in [-0.2, -0.15) is 0 Å². The second-order valence-electron chi connectivity index (χ2n) is 5.51. The van der Waals surface area contributed by atoms with E-state index in [9.17, 15) is 4.79 Å². The first-order chi connectivity index (χ1) is 12.0. The molecule has 2 N–H and O–H groups in total. The van der Waals surface area contributed by atoms with Gasteiger partial charge in [-0.15, -0.1) is 0 Å². The molecule has 3 rings (SSSR count). The largest absolute Gasteiger partial charge is 0.354 e. The van der Waals surface area contributed by atoms with E-state index in [0.29, 0.717) is 27.0 Å². The third-order valence-electron chi connectivity index (χ3n) is 3.55. The number of pyridine rings is 1. The summed E-state index contributed by atoms with van der Waals surface area (Å²) in [6, 6.07) is 14.4. The molecule has 0 aliphatic carbocycles. The van der Waals surface area contributed by atoms with E-state index in [2.05, 4.69) is 15.6 Å². The summed E-state index contributed by atoms with van der Waals surface area (Å²) < 4.78 is 0. The van der Waals surface area contributed by atoms with Gasteiger partial charge in [-0.1, -0.05) is 29.3 Å². The van der Waals surface area contributed by atoms with Crippen LogP contribution in [0.3, 0.4) is 0 Å². The molecule has 25 heavy (non-hydrogen) atoms. The van der Waals surface area contributed by atoms with Gasteiger partial charge in [0.2, 0.25) is 0 Å². The molecule has 1 heterocycles. The lowest BCUT2D eigenvalue weighted by atomic mass is 10.2. The Bertz CT molecular complexity index is 928. The third kappa shape index (κ3) is 4.50. The molecule has 0 atom stereocenters. The van der Waals surface area contributed by atoms with E-state index in [1.807, 2.05) is 19.1 Å². The second-order valence-corrected chi connectivity index (χ2v) is 6.38. The number of nitrogens with one attached hydrogen (secondary N) is 2. The fraction of sp³-hybridized carbons (Fsp3) is 0.0526. The summed E-state index contributed by atoms with van der Waals surface area (Å²) in [4.78, 5) is 16.6. The minimum absolute atomic E-state index is 0.243. The number of amides is 1. The van der Waals surface area contributed by atoms with E-state index in [1.165, 1.54) is 6.20 Å². The molecule has 126 valence electrons. The molecule has 0 aliphatic heterocycles. The number of carbonyl (C=O) groups is 1. The summed E-state index contributed by atoms with van der Waals surface area (Å²) in [6.45, 7) is 1.89. The Morgan fingerprint density at radius 2 is 1.76 bits per heavy atom. The van der Waals surface area contributed by atoms with E-state index in [1.54, 1.807) is 42.6 Å². The summed E-state index contributed by atoms with van der Waals surface area (Å²) >= 11 is 11.9. The predicted molar refractivity (Wildman–Crippen MR) is 103 cm³/mol. The number of halogens is 2. The van der Waals surface area contributed by atoms with E-state index in [-0.39, 0.29) is 5.91 Å². The number of nitrogens with zero attached hydrogens (tertiary/aromatic N) is 1. The van der Waals surface area contributed by atoms with Crippen LogP contribution in [0.15, 0.2) is 60.9 Å². The first-order valence-corrected chi connectivity index (χ1v) is 8.32. The number of anilines is 3. The third-order valence-corrected chi connectivity index (χ3v) is 4.02. The van der Waals surface area contributed by atoms with Gasteiger partial charge in [0, 0.05) is 27.6 Å². The SMILES string of the molecule is Cc1cc(Cl)ccc1NC(=O)c1cncc(Nc2cccc(Cl)c2)c1. The number of hydrogen-bond donors (Lipinski definition) is 2. The van der Waals surface area contributed by atoms with Crippen molar-refractivity contribution in [3.05, 3.63) is 82.1 Å². The van der Waals surface area contributed by atoms with Gasteiger partial charge in [-0.05, 0) is 55.0 Å². The topological polar surface area (TPSA) is 54.0 Å². The predicted octanol–water partition coefficient (Wildman–Crippen LogP) is 5.69. The molecule has 0 spiro atoms. The zero-order chi connectivity index (χ0) is 17.8. The average Bonchev–Trinajstić information content (AvgIpc) is 2.57. The molecule has 1 amide bonds. The van der Waals surface area contributed by atoms with Crippen molar-refractivity contribution in [2.24, 2.45) is 0 Å². The van der Waals surface area contributed by atoms with E-state index >= 15 is 0 Å². The lowest BCUT2D eigenvalue weighted by Gasteiger charge is -2.10. The summed E-state index contributed by atoms with van der Waals surface area (Å²) in [7, 11) is 0. The number of hydrogen-bond acceptors (Lipinski definition) is 3. The Kier molecular flexibility index (Phi) is 5.22. The molecule has 0 saturated carbocycles. The Hall–Kier alpha value is -2.56. The lowest BCUT2D eigenvalue weighted by Crippen LogP contribution is -2.13. The van der Waals surface area contributed by atoms with Crippen molar-refractivity contribution >= 4 is 46.2 Å². The zero-order valence-electron chi connectivity index (χ0n) is 13.4. The standard InChI is InChI=1S/C19H15Cl2N3O/c1-12-7-15(21)5-6-18(12)24-19(25)13-8-17(11-22-10-13)23-16-4-2-3-14(20)9-16/h2-11,23H,1H3,(H,24,25). The summed E-state index contributed by atoms with van der Waals surface area (Å²) in [6.07, 6.45) is 3.16. The van der Waals surface area contributed by atoms with Crippen LogP contribution in [-0.2, 0) is 0 Å². The average molecular weight is 372 g/mol. The highest BCUT2D eigenvalue weighted by Gasteiger charge is 2.09.